The second kappa shape index (κ2) is 14.4. The van der Waals surface area contributed by atoms with E-state index in [-0.39, 0.29) is 24.5 Å². The Labute approximate surface area is 258 Å². The van der Waals surface area contributed by atoms with Crippen LogP contribution in [0.1, 0.15) is 51.2 Å². The highest BCUT2D eigenvalue weighted by Gasteiger charge is 2.41. The zero-order valence-corrected chi connectivity index (χ0v) is 25.8. The highest BCUT2D eigenvalue weighted by atomic mass is 16.3. The van der Waals surface area contributed by atoms with Gasteiger partial charge < -0.3 is 30.9 Å². The van der Waals surface area contributed by atoms with E-state index in [1.807, 2.05) is 44.2 Å². The number of carbonyl (C=O) groups is 5. The number of hydrogen-bond donors (Lipinski definition) is 4. The lowest BCUT2D eigenvalue weighted by molar-refractivity contribution is -0.144. The van der Waals surface area contributed by atoms with Gasteiger partial charge in [-0.1, -0.05) is 56.3 Å². The minimum atomic E-state index is -1.05. The first-order valence-corrected chi connectivity index (χ1v) is 15.2. The molecule has 0 aliphatic carbocycles. The smallest absolute Gasteiger partial charge is 0.246 e. The fraction of sp³-hybridized carbons (Fsp3) is 0.485. The molecule has 2 aromatic rings. The van der Waals surface area contributed by atoms with Gasteiger partial charge in [0.1, 0.15) is 36.0 Å². The number of phenols is 1. The van der Waals surface area contributed by atoms with E-state index in [0.717, 1.165) is 5.56 Å². The summed E-state index contributed by atoms with van der Waals surface area (Å²) in [5.41, 5.74) is 1.51. The molecule has 0 aromatic heterocycles. The van der Waals surface area contributed by atoms with Crippen molar-refractivity contribution in [2.24, 2.45) is 5.92 Å². The molecule has 2 heterocycles. The van der Waals surface area contributed by atoms with E-state index in [2.05, 4.69) is 16.0 Å². The van der Waals surface area contributed by atoms with Crippen LogP contribution in [0.5, 0.6) is 5.75 Å². The van der Waals surface area contributed by atoms with Gasteiger partial charge in [0.15, 0.2) is 0 Å². The van der Waals surface area contributed by atoms with Crippen molar-refractivity contribution in [3.8, 4) is 5.75 Å². The van der Waals surface area contributed by atoms with Crippen LogP contribution in [0.3, 0.4) is 0 Å². The molecule has 44 heavy (non-hydrogen) atoms. The first-order chi connectivity index (χ1) is 20.9. The third kappa shape index (κ3) is 7.94. The van der Waals surface area contributed by atoms with Gasteiger partial charge in [0.2, 0.25) is 29.5 Å². The standard InChI is InChI=1S/C33H43N5O6/c1-20(2)17-25-29(40)34-21(3)32(43)37(4)28(19-22-9-6-5-7-10-22)31(42)36-26(18-23-12-14-24(39)15-13-23)33(44)38-16-8-11-27(38)30(41)35-25/h5-7,9-10,12-15,20-21,25-28,39H,8,11,16-19H2,1-4H3,(H,34,40)(H,35,41)(H,36,42). The number of nitrogens with one attached hydrogen (secondary N) is 3. The fourth-order valence-electron chi connectivity index (χ4n) is 5.89. The Morgan fingerprint density at radius 2 is 1.43 bits per heavy atom. The number of hydrogen-bond acceptors (Lipinski definition) is 6. The van der Waals surface area contributed by atoms with Crippen LogP contribution in [0.25, 0.3) is 0 Å². The molecule has 2 fully saturated rings. The summed E-state index contributed by atoms with van der Waals surface area (Å²) in [5, 5.41) is 18.3. The average Bonchev–Trinajstić information content (AvgIpc) is 3.49. The molecule has 2 aliphatic heterocycles. The lowest BCUT2D eigenvalue weighted by Gasteiger charge is -2.32. The largest absolute Gasteiger partial charge is 0.508 e. The van der Waals surface area contributed by atoms with Gasteiger partial charge in [-0.2, -0.15) is 0 Å². The zero-order valence-electron chi connectivity index (χ0n) is 25.8. The summed E-state index contributed by atoms with van der Waals surface area (Å²) in [5.74, 6) is -2.26. The molecule has 2 aliphatic rings. The van der Waals surface area contributed by atoms with Gasteiger partial charge in [-0.25, -0.2) is 0 Å². The quantitative estimate of drug-likeness (QED) is 0.393. The maximum atomic E-state index is 14.1. The predicted molar refractivity (Wildman–Crippen MR) is 164 cm³/mol. The Balaban J connectivity index is 1.75. The first-order valence-electron chi connectivity index (χ1n) is 15.2. The third-order valence-electron chi connectivity index (χ3n) is 8.29. The van der Waals surface area contributed by atoms with Crippen LogP contribution in [0.15, 0.2) is 54.6 Å². The molecule has 5 amide bonds. The number of fused-ring (bicyclic) bond motifs is 1. The highest BCUT2D eigenvalue weighted by Crippen LogP contribution is 2.22. The van der Waals surface area contributed by atoms with Crippen molar-refractivity contribution in [2.75, 3.05) is 13.6 Å². The second-order valence-electron chi connectivity index (χ2n) is 12.2. The first kappa shape index (κ1) is 32.5. The van der Waals surface area contributed by atoms with Gasteiger partial charge >= 0.3 is 0 Å². The summed E-state index contributed by atoms with van der Waals surface area (Å²) < 4.78 is 0. The molecule has 0 bridgehead atoms. The number of benzene rings is 2. The van der Waals surface area contributed by atoms with Crippen molar-refractivity contribution in [2.45, 2.75) is 83.1 Å². The molecule has 0 spiro atoms. The molecule has 4 rings (SSSR count). The summed E-state index contributed by atoms with van der Waals surface area (Å²) in [6.45, 7) is 5.74. The number of phenolic OH excluding ortho intramolecular Hbond substituents is 1. The summed E-state index contributed by atoms with van der Waals surface area (Å²) in [4.78, 5) is 71.6. The van der Waals surface area contributed by atoms with Gasteiger partial charge in [0, 0.05) is 26.4 Å². The number of amides is 5. The molecule has 11 heteroatoms. The maximum Gasteiger partial charge on any atom is 0.246 e. The summed E-state index contributed by atoms with van der Waals surface area (Å²) in [7, 11) is 1.51. The Morgan fingerprint density at radius 3 is 2.09 bits per heavy atom. The Bertz CT molecular complexity index is 1350. The van der Waals surface area contributed by atoms with E-state index in [4.69, 9.17) is 0 Å². The van der Waals surface area contributed by atoms with Crippen LogP contribution in [-0.4, -0.2) is 88.2 Å². The summed E-state index contributed by atoms with van der Waals surface area (Å²) >= 11 is 0. The highest BCUT2D eigenvalue weighted by molar-refractivity contribution is 5.98. The van der Waals surface area contributed by atoms with Crippen molar-refractivity contribution in [3.63, 3.8) is 0 Å². The van der Waals surface area contributed by atoms with E-state index in [0.29, 0.717) is 31.4 Å². The van der Waals surface area contributed by atoms with Gasteiger partial charge in [-0.3, -0.25) is 24.0 Å². The van der Waals surface area contributed by atoms with Crippen LogP contribution in [0, 0.1) is 5.92 Å². The van der Waals surface area contributed by atoms with Crippen LogP contribution in [0.4, 0.5) is 0 Å². The molecule has 5 atom stereocenters. The predicted octanol–water partition coefficient (Wildman–Crippen LogP) is 1.53. The minimum Gasteiger partial charge on any atom is -0.508 e. The fourth-order valence-corrected chi connectivity index (χ4v) is 5.89. The molecule has 2 saturated heterocycles. The third-order valence-corrected chi connectivity index (χ3v) is 8.29. The van der Waals surface area contributed by atoms with Crippen molar-refractivity contribution in [1.29, 1.82) is 0 Å². The molecule has 4 N–H and O–H groups in total. The SMILES string of the molecule is CC(C)CC1NC(=O)C2CCCN2C(=O)C(Cc2ccc(O)cc2)NC(=O)C(Cc2ccccc2)N(C)C(=O)C(C)NC1=O. The normalized spacial score (nSPS) is 25.6. The molecule has 236 valence electrons. The van der Waals surface area contributed by atoms with Crippen LogP contribution in [-0.2, 0) is 36.8 Å². The van der Waals surface area contributed by atoms with E-state index < -0.39 is 59.7 Å². The second-order valence-corrected chi connectivity index (χ2v) is 12.2. The Hall–Kier alpha value is -4.41. The van der Waals surface area contributed by atoms with Gasteiger partial charge in [0.05, 0.1) is 0 Å². The van der Waals surface area contributed by atoms with Gasteiger partial charge in [-0.05, 0) is 55.4 Å². The lowest BCUT2D eigenvalue weighted by Crippen LogP contribution is -2.58. The number of likely N-dealkylation sites (N-methyl/N-ethyl adjacent to an activating group) is 1. The Kier molecular flexibility index (Phi) is 10.6. The van der Waals surface area contributed by atoms with E-state index in [1.165, 1.54) is 29.0 Å². The van der Waals surface area contributed by atoms with Crippen molar-refractivity contribution in [1.82, 2.24) is 25.8 Å². The molecule has 0 radical (unpaired) electrons. The van der Waals surface area contributed by atoms with Gasteiger partial charge in [-0.15, -0.1) is 0 Å². The monoisotopic (exact) mass is 605 g/mol. The van der Waals surface area contributed by atoms with Crippen molar-refractivity contribution < 1.29 is 29.1 Å². The van der Waals surface area contributed by atoms with Crippen LogP contribution < -0.4 is 16.0 Å². The topological polar surface area (TPSA) is 148 Å². The molecule has 0 saturated carbocycles. The number of aromatic hydroxyl groups is 1. The van der Waals surface area contributed by atoms with E-state index in [1.54, 1.807) is 19.1 Å². The number of nitrogens with zero attached hydrogens (tertiary/aromatic N) is 2. The lowest BCUT2D eigenvalue weighted by atomic mass is 10.0. The van der Waals surface area contributed by atoms with E-state index >= 15 is 0 Å². The zero-order chi connectivity index (χ0) is 32.0. The molecular formula is C33H43N5O6. The summed E-state index contributed by atoms with van der Waals surface area (Å²) in [6, 6.07) is 10.9. The maximum absolute atomic E-state index is 14.1. The molecule has 11 nitrogen and oxygen atoms in total. The van der Waals surface area contributed by atoms with Crippen molar-refractivity contribution in [3.05, 3.63) is 65.7 Å². The molecular weight excluding hydrogens is 562 g/mol. The minimum absolute atomic E-state index is 0.0647. The van der Waals surface area contributed by atoms with Crippen LogP contribution in [0.2, 0.25) is 0 Å². The number of rotatable bonds is 6. The van der Waals surface area contributed by atoms with E-state index in [9.17, 15) is 29.1 Å². The molecule has 5 unspecified atom stereocenters. The number of carbonyl (C=O) groups excluding carboxylic acids is 5. The summed E-state index contributed by atoms with van der Waals surface area (Å²) in [6.07, 6.45) is 1.64. The van der Waals surface area contributed by atoms with Crippen molar-refractivity contribution >= 4 is 29.5 Å². The Morgan fingerprint density at radius 1 is 0.795 bits per heavy atom. The average molecular weight is 606 g/mol. The van der Waals surface area contributed by atoms with Crippen LogP contribution >= 0.6 is 0 Å². The van der Waals surface area contributed by atoms with Gasteiger partial charge in [0.25, 0.3) is 0 Å². The molecule has 2 aromatic carbocycles.